The molecule has 0 bridgehead atoms. The van der Waals surface area contributed by atoms with E-state index in [1.165, 1.54) is 6.92 Å². The second kappa shape index (κ2) is 6.33. The van der Waals surface area contributed by atoms with E-state index in [0.717, 1.165) is 5.92 Å². The van der Waals surface area contributed by atoms with Crippen LogP contribution in [-0.2, 0) is 4.79 Å². The fourth-order valence-corrected chi connectivity index (χ4v) is 0. The molecule has 0 atom stereocenters. The van der Waals surface area contributed by atoms with Crippen molar-refractivity contribution in [2.75, 3.05) is 0 Å². The van der Waals surface area contributed by atoms with Crippen molar-refractivity contribution in [2.45, 2.75) is 27.7 Å². The predicted octanol–water partition coefficient (Wildman–Crippen LogP) is 2.31. The molecule has 0 spiro atoms. The molecule has 60 valence electrons. The third-order valence-electron chi connectivity index (χ3n) is 0.365. The molecule has 0 aromatic carbocycles. The van der Waals surface area contributed by atoms with Gasteiger partial charge in [0.15, 0.2) is 0 Å². The number of carbonyl (C=O) groups is 1. The first-order valence-electron chi connectivity index (χ1n) is 3.26. The second-order valence-electron chi connectivity index (χ2n) is 2.82. The molecule has 0 unspecified atom stereocenters. The second-order valence-corrected chi connectivity index (χ2v) is 2.82. The van der Waals surface area contributed by atoms with Crippen LogP contribution in [0, 0.1) is 5.92 Å². The Hall–Kier alpha value is -0.790. The molecule has 0 rings (SSSR count). The van der Waals surface area contributed by atoms with Gasteiger partial charge in [0.2, 0.25) is 0 Å². The lowest BCUT2D eigenvalue weighted by Gasteiger charge is -1.79. The minimum atomic E-state index is -0.935. The van der Waals surface area contributed by atoms with Crippen molar-refractivity contribution in [3.63, 3.8) is 0 Å². The third-order valence-corrected chi connectivity index (χ3v) is 0.365. The van der Waals surface area contributed by atoms with Crippen LogP contribution >= 0.6 is 0 Å². The smallest absolute Gasteiger partial charge is 0.330 e. The Bertz CT molecular complexity index is 99.7. The summed E-state index contributed by atoms with van der Waals surface area (Å²) in [5.41, 5.74) is 0.176. The predicted molar refractivity (Wildman–Crippen MR) is 43.0 cm³/mol. The molecule has 0 heterocycles. The highest BCUT2D eigenvalue weighted by Gasteiger charge is 1.90. The highest BCUT2D eigenvalue weighted by Crippen LogP contribution is 1.81. The van der Waals surface area contributed by atoms with Gasteiger partial charge in [-0.3, -0.25) is 0 Å². The lowest BCUT2D eigenvalue weighted by Crippen LogP contribution is -1.92. The summed E-state index contributed by atoms with van der Waals surface area (Å²) in [4.78, 5) is 9.60. The molecular weight excluding hydrogens is 128 g/mol. The van der Waals surface area contributed by atoms with Crippen molar-refractivity contribution in [3.8, 4) is 0 Å². The largest absolute Gasteiger partial charge is 0.478 e. The van der Waals surface area contributed by atoms with Crippen molar-refractivity contribution in [1.82, 2.24) is 0 Å². The molecule has 10 heavy (non-hydrogen) atoms. The number of hydrogen-bond donors (Lipinski definition) is 1. The molecule has 0 saturated carbocycles. The van der Waals surface area contributed by atoms with E-state index in [2.05, 4.69) is 27.4 Å². The van der Waals surface area contributed by atoms with Crippen molar-refractivity contribution < 1.29 is 9.90 Å². The van der Waals surface area contributed by atoms with Crippen LogP contribution < -0.4 is 0 Å². The molecule has 0 aromatic rings. The number of hydrogen-bond acceptors (Lipinski definition) is 1. The van der Waals surface area contributed by atoms with Gasteiger partial charge in [0.25, 0.3) is 0 Å². The molecule has 0 aliphatic carbocycles. The molecule has 0 fully saturated rings. The zero-order chi connectivity index (χ0) is 8.73. The van der Waals surface area contributed by atoms with E-state index in [1.54, 1.807) is 0 Å². The fraction of sp³-hybridized carbons (Fsp3) is 0.625. The van der Waals surface area contributed by atoms with Gasteiger partial charge in [0.1, 0.15) is 0 Å². The van der Waals surface area contributed by atoms with Gasteiger partial charge in [-0.2, -0.15) is 0 Å². The van der Waals surface area contributed by atoms with Crippen molar-refractivity contribution in [1.29, 1.82) is 0 Å². The van der Waals surface area contributed by atoms with Crippen molar-refractivity contribution in [2.24, 2.45) is 5.92 Å². The van der Waals surface area contributed by atoms with E-state index in [-0.39, 0.29) is 5.57 Å². The van der Waals surface area contributed by atoms with Crippen LogP contribution in [-0.4, -0.2) is 11.1 Å². The first-order valence-corrected chi connectivity index (χ1v) is 3.26. The standard InChI is InChI=1S/C4H6O2.C4H10/c1-3(2)4(5)6;1-4(2)3/h1H2,2H3,(H,5,6);4H,1-3H3. The molecule has 0 aliphatic rings. The van der Waals surface area contributed by atoms with E-state index in [4.69, 9.17) is 5.11 Å². The third kappa shape index (κ3) is 27.0. The number of aliphatic carboxylic acids is 1. The summed E-state index contributed by atoms with van der Waals surface area (Å²) in [7, 11) is 0. The van der Waals surface area contributed by atoms with E-state index >= 15 is 0 Å². The molecule has 0 amide bonds. The van der Waals surface area contributed by atoms with Gasteiger partial charge in [-0.25, -0.2) is 4.79 Å². The maximum Gasteiger partial charge on any atom is 0.330 e. The van der Waals surface area contributed by atoms with Gasteiger partial charge in [-0.05, 0) is 12.8 Å². The summed E-state index contributed by atoms with van der Waals surface area (Å²) >= 11 is 0. The molecule has 0 aromatic heterocycles. The normalized spacial score (nSPS) is 8.10. The Morgan fingerprint density at radius 1 is 1.40 bits per heavy atom. The average molecular weight is 144 g/mol. The van der Waals surface area contributed by atoms with Gasteiger partial charge < -0.3 is 5.11 Å². The Labute approximate surface area is 62.6 Å². The zero-order valence-electron chi connectivity index (χ0n) is 7.14. The minimum absolute atomic E-state index is 0.176. The lowest BCUT2D eigenvalue weighted by atomic mass is 10.3. The fourth-order valence-electron chi connectivity index (χ4n) is 0. The summed E-state index contributed by atoms with van der Waals surface area (Å²) in [5.74, 6) is -0.102. The summed E-state index contributed by atoms with van der Waals surface area (Å²) in [6.07, 6.45) is 0. The van der Waals surface area contributed by atoms with E-state index in [1.807, 2.05) is 0 Å². The topological polar surface area (TPSA) is 37.3 Å². The highest BCUT2D eigenvalue weighted by molar-refractivity contribution is 5.84. The molecule has 0 radical (unpaired) electrons. The summed E-state index contributed by atoms with van der Waals surface area (Å²) in [6.45, 7) is 11.1. The molecule has 2 nitrogen and oxygen atoms in total. The highest BCUT2D eigenvalue weighted by atomic mass is 16.4. The number of rotatable bonds is 1. The van der Waals surface area contributed by atoms with Crippen LogP contribution in [0.3, 0.4) is 0 Å². The van der Waals surface area contributed by atoms with Gasteiger partial charge >= 0.3 is 5.97 Å². The molecule has 0 saturated heterocycles. The molecular formula is C8H16O2. The maximum absolute atomic E-state index is 9.60. The van der Waals surface area contributed by atoms with Crippen LogP contribution in [0.2, 0.25) is 0 Å². The van der Waals surface area contributed by atoms with Gasteiger partial charge in [-0.1, -0.05) is 27.4 Å². The Morgan fingerprint density at radius 2 is 1.50 bits per heavy atom. The summed E-state index contributed by atoms with van der Waals surface area (Å²) in [6, 6.07) is 0. The van der Waals surface area contributed by atoms with Crippen LogP contribution in [0.1, 0.15) is 27.7 Å². The molecule has 0 aliphatic heterocycles. The van der Waals surface area contributed by atoms with Crippen molar-refractivity contribution >= 4 is 5.97 Å². The van der Waals surface area contributed by atoms with Crippen LogP contribution in [0.25, 0.3) is 0 Å². The van der Waals surface area contributed by atoms with Gasteiger partial charge in [-0.15, -0.1) is 0 Å². The number of carboxylic acids is 1. The van der Waals surface area contributed by atoms with Gasteiger partial charge in [0, 0.05) is 5.57 Å². The zero-order valence-corrected chi connectivity index (χ0v) is 7.14. The van der Waals surface area contributed by atoms with Crippen LogP contribution in [0.4, 0.5) is 0 Å². The van der Waals surface area contributed by atoms with Crippen LogP contribution in [0.15, 0.2) is 12.2 Å². The Morgan fingerprint density at radius 3 is 1.50 bits per heavy atom. The minimum Gasteiger partial charge on any atom is -0.478 e. The lowest BCUT2D eigenvalue weighted by molar-refractivity contribution is -0.132. The monoisotopic (exact) mass is 144 g/mol. The first kappa shape index (κ1) is 11.9. The SMILES string of the molecule is C=C(C)C(=O)O.CC(C)C. The number of carboxylic acid groups (broad SMARTS) is 1. The van der Waals surface area contributed by atoms with Crippen molar-refractivity contribution in [3.05, 3.63) is 12.2 Å². The Balaban J connectivity index is 0. The summed E-state index contributed by atoms with van der Waals surface area (Å²) in [5, 5.41) is 7.89. The van der Waals surface area contributed by atoms with E-state index < -0.39 is 5.97 Å². The quantitative estimate of drug-likeness (QED) is 0.573. The average Bonchev–Trinajstić information content (AvgIpc) is 1.63. The molecule has 1 N–H and O–H groups in total. The van der Waals surface area contributed by atoms with Crippen LogP contribution in [0.5, 0.6) is 0 Å². The Kier molecular flexibility index (Phi) is 7.56. The van der Waals surface area contributed by atoms with E-state index in [9.17, 15) is 4.79 Å². The van der Waals surface area contributed by atoms with Gasteiger partial charge in [0.05, 0.1) is 0 Å². The van der Waals surface area contributed by atoms with E-state index in [0.29, 0.717) is 0 Å². The first-order chi connectivity index (χ1) is 4.37. The molecule has 2 heteroatoms. The summed E-state index contributed by atoms with van der Waals surface area (Å²) < 4.78 is 0. The maximum atomic E-state index is 9.60.